The van der Waals surface area contributed by atoms with Gasteiger partial charge in [0.1, 0.15) is 5.76 Å². The zero-order valence-electron chi connectivity index (χ0n) is 3.86. The molecular formula is C4H7IO. The average Bonchev–Trinajstić information content (AvgIpc) is 1.65. The zero-order chi connectivity index (χ0) is 4.99. The zero-order valence-corrected chi connectivity index (χ0v) is 6.02. The highest BCUT2D eigenvalue weighted by Gasteiger charge is 1.74. The lowest BCUT2D eigenvalue weighted by Gasteiger charge is -1.87. The van der Waals surface area contributed by atoms with E-state index in [9.17, 15) is 0 Å². The van der Waals surface area contributed by atoms with E-state index in [1.807, 2.05) is 42.9 Å². The molecule has 6 heavy (non-hydrogen) atoms. The van der Waals surface area contributed by atoms with E-state index in [-0.39, 0.29) is 0 Å². The minimum Gasteiger partial charge on any atom is -0.433 e. The molecule has 2 heteroatoms. The van der Waals surface area contributed by atoms with Gasteiger partial charge in [-0.05, 0) is 19.9 Å². The van der Waals surface area contributed by atoms with Crippen molar-refractivity contribution in [3.05, 3.63) is 11.8 Å². The van der Waals surface area contributed by atoms with Gasteiger partial charge in [0.25, 0.3) is 0 Å². The van der Waals surface area contributed by atoms with Crippen molar-refractivity contribution in [2.24, 2.45) is 0 Å². The summed E-state index contributed by atoms with van der Waals surface area (Å²) >= 11 is 1.85. The normalized spacial score (nSPS) is 11.5. The second-order valence-electron chi connectivity index (χ2n) is 0.976. The minimum absolute atomic E-state index is 0.954. The van der Waals surface area contributed by atoms with Crippen LogP contribution >= 0.6 is 23.0 Å². The van der Waals surface area contributed by atoms with E-state index < -0.39 is 0 Å². The molecule has 0 unspecified atom stereocenters. The highest BCUT2D eigenvalue weighted by molar-refractivity contribution is 14.1. The van der Waals surface area contributed by atoms with Crippen LogP contribution in [0.1, 0.15) is 13.8 Å². The first kappa shape index (κ1) is 6.27. The van der Waals surface area contributed by atoms with E-state index in [2.05, 4.69) is 0 Å². The number of hydrogen-bond donors (Lipinski definition) is 0. The Labute approximate surface area is 52.1 Å². The van der Waals surface area contributed by atoms with Crippen LogP contribution in [0.15, 0.2) is 11.8 Å². The molecule has 0 radical (unpaired) electrons. The standard InChI is InChI=1S/C4H7IO/c1-3-4(2)6-5/h3H,1-2H3. The van der Waals surface area contributed by atoms with Crippen molar-refractivity contribution >= 4 is 23.0 Å². The molecule has 0 aromatic rings. The number of hydrogen-bond acceptors (Lipinski definition) is 1. The Balaban J connectivity index is 3.22. The van der Waals surface area contributed by atoms with Gasteiger partial charge in [0.05, 0.1) is 0 Å². The Kier molecular flexibility index (Phi) is 3.62. The molecule has 0 bridgehead atoms. The van der Waals surface area contributed by atoms with Crippen LogP contribution < -0.4 is 0 Å². The molecule has 0 spiro atoms. The fourth-order valence-electron chi connectivity index (χ4n) is 0.0445. The molecule has 0 aliphatic rings. The first-order chi connectivity index (χ1) is 2.81. The van der Waals surface area contributed by atoms with E-state index in [0.717, 1.165) is 5.76 Å². The summed E-state index contributed by atoms with van der Waals surface area (Å²) in [5.41, 5.74) is 0. The highest BCUT2D eigenvalue weighted by Crippen LogP contribution is 1.98. The number of halogens is 1. The van der Waals surface area contributed by atoms with Gasteiger partial charge in [-0.1, -0.05) is 0 Å². The van der Waals surface area contributed by atoms with Crippen LogP contribution in [0.25, 0.3) is 0 Å². The maximum atomic E-state index is 4.73. The molecule has 0 aromatic carbocycles. The predicted octanol–water partition coefficient (Wildman–Crippen LogP) is 2.28. The minimum atomic E-state index is 0.954. The molecule has 0 amide bonds. The van der Waals surface area contributed by atoms with E-state index >= 15 is 0 Å². The lowest BCUT2D eigenvalue weighted by molar-refractivity contribution is 0.563. The smallest absolute Gasteiger partial charge is 0.192 e. The van der Waals surface area contributed by atoms with Crippen molar-refractivity contribution in [1.29, 1.82) is 0 Å². The third-order valence-corrected chi connectivity index (χ3v) is 1.22. The molecule has 1 nitrogen and oxygen atoms in total. The van der Waals surface area contributed by atoms with Gasteiger partial charge in [-0.15, -0.1) is 0 Å². The number of allylic oxidation sites excluding steroid dienone is 2. The first-order valence-electron chi connectivity index (χ1n) is 1.72. The SMILES string of the molecule is CC=C(C)OI. The third kappa shape index (κ3) is 2.50. The van der Waals surface area contributed by atoms with Crippen LogP contribution in [0, 0.1) is 0 Å². The summed E-state index contributed by atoms with van der Waals surface area (Å²) in [6, 6.07) is 0. The molecule has 0 aliphatic carbocycles. The topological polar surface area (TPSA) is 9.23 Å². The van der Waals surface area contributed by atoms with Gasteiger partial charge in [-0.2, -0.15) is 0 Å². The summed E-state index contributed by atoms with van der Waals surface area (Å²) < 4.78 is 4.73. The molecule has 0 aliphatic heterocycles. The Morgan fingerprint density at radius 1 is 1.83 bits per heavy atom. The van der Waals surface area contributed by atoms with E-state index in [0.29, 0.717) is 0 Å². The lowest BCUT2D eigenvalue weighted by atomic mass is 10.5. The van der Waals surface area contributed by atoms with Gasteiger partial charge >= 0.3 is 0 Å². The van der Waals surface area contributed by atoms with Crippen molar-refractivity contribution in [2.75, 3.05) is 0 Å². The molecule has 0 atom stereocenters. The fourth-order valence-corrected chi connectivity index (χ4v) is 0.299. The van der Waals surface area contributed by atoms with Crippen LogP contribution in [-0.4, -0.2) is 0 Å². The van der Waals surface area contributed by atoms with E-state index in [4.69, 9.17) is 3.07 Å². The van der Waals surface area contributed by atoms with Crippen LogP contribution in [0.4, 0.5) is 0 Å². The molecule has 0 saturated carbocycles. The predicted molar refractivity (Wildman–Crippen MR) is 34.5 cm³/mol. The largest absolute Gasteiger partial charge is 0.433 e. The third-order valence-electron chi connectivity index (χ3n) is 0.528. The van der Waals surface area contributed by atoms with Gasteiger partial charge < -0.3 is 3.07 Å². The van der Waals surface area contributed by atoms with Gasteiger partial charge in [-0.25, -0.2) is 0 Å². The van der Waals surface area contributed by atoms with Crippen LogP contribution in [0.2, 0.25) is 0 Å². The van der Waals surface area contributed by atoms with Crippen molar-refractivity contribution in [1.82, 2.24) is 0 Å². The number of rotatable bonds is 1. The van der Waals surface area contributed by atoms with Crippen LogP contribution in [0.3, 0.4) is 0 Å². The molecule has 0 rings (SSSR count). The highest BCUT2D eigenvalue weighted by atomic mass is 127. The van der Waals surface area contributed by atoms with Gasteiger partial charge in [0, 0.05) is 0 Å². The molecule has 0 saturated heterocycles. The Morgan fingerprint density at radius 2 is 2.33 bits per heavy atom. The quantitative estimate of drug-likeness (QED) is 0.463. The molecule has 36 valence electrons. The van der Waals surface area contributed by atoms with Gasteiger partial charge in [0.15, 0.2) is 23.0 Å². The summed E-state index contributed by atoms with van der Waals surface area (Å²) in [6.07, 6.45) is 1.91. The fraction of sp³-hybridized carbons (Fsp3) is 0.500. The molecular weight excluding hydrogens is 191 g/mol. The second-order valence-corrected chi connectivity index (χ2v) is 1.42. The second kappa shape index (κ2) is 3.46. The maximum absolute atomic E-state index is 4.73. The maximum Gasteiger partial charge on any atom is 0.192 e. The van der Waals surface area contributed by atoms with Crippen LogP contribution in [0.5, 0.6) is 0 Å². The van der Waals surface area contributed by atoms with Crippen molar-refractivity contribution in [2.45, 2.75) is 13.8 Å². The summed E-state index contributed by atoms with van der Waals surface area (Å²) in [7, 11) is 0. The Morgan fingerprint density at radius 3 is 2.33 bits per heavy atom. The summed E-state index contributed by atoms with van der Waals surface area (Å²) in [6.45, 7) is 3.85. The summed E-state index contributed by atoms with van der Waals surface area (Å²) in [5.74, 6) is 0.954. The molecule has 0 heterocycles. The summed E-state index contributed by atoms with van der Waals surface area (Å²) in [4.78, 5) is 0. The molecule has 0 aromatic heterocycles. The molecule has 0 N–H and O–H groups in total. The lowest BCUT2D eigenvalue weighted by Crippen LogP contribution is -1.65. The van der Waals surface area contributed by atoms with Crippen molar-refractivity contribution in [3.8, 4) is 0 Å². The Bertz CT molecular complexity index is 58.6. The van der Waals surface area contributed by atoms with Crippen molar-refractivity contribution in [3.63, 3.8) is 0 Å². The van der Waals surface area contributed by atoms with Gasteiger partial charge in [-0.3, -0.25) is 0 Å². The average molecular weight is 198 g/mol. The van der Waals surface area contributed by atoms with Gasteiger partial charge in [0.2, 0.25) is 0 Å². The van der Waals surface area contributed by atoms with Crippen LogP contribution in [-0.2, 0) is 3.07 Å². The van der Waals surface area contributed by atoms with Crippen molar-refractivity contribution < 1.29 is 3.07 Å². The first-order valence-corrected chi connectivity index (χ1v) is 2.61. The van der Waals surface area contributed by atoms with E-state index in [1.165, 1.54) is 0 Å². The molecule has 0 fully saturated rings. The van der Waals surface area contributed by atoms with E-state index in [1.54, 1.807) is 0 Å². The Hall–Kier alpha value is 0.270. The summed E-state index contributed by atoms with van der Waals surface area (Å²) in [5, 5.41) is 0. The monoisotopic (exact) mass is 198 g/mol.